The fraction of sp³-hybridized carbons (Fsp3) is 0.786. The average molecular weight is 299 g/mol. The normalized spacial score (nSPS) is 16.0. The number of primary amides is 1. The number of thiocarbonyl (C=S) groups is 1. The molecule has 0 spiro atoms. The Bertz CT molecular complexity index is 430. The largest absolute Gasteiger partial charge is 0.367 e. The molecule has 0 aromatic carbocycles. The Morgan fingerprint density at radius 2 is 1.70 bits per heavy atom. The first-order chi connectivity index (χ1) is 8.93. The molecule has 5 nitrogen and oxygen atoms in total. The quantitative estimate of drug-likeness (QED) is 0.620. The molecule has 114 valence electrons. The SMILES string of the molecule is CC(C)[C@@H](C(=O)N(C)C)C(N=C=S)(C(N)=O)C(C)(C)C. The van der Waals surface area contributed by atoms with Crippen molar-refractivity contribution >= 4 is 29.2 Å². The Morgan fingerprint density at radius 1 is 1.25 bits per heavy atom. The molecule has 2 atom stereocenters. The third-order valence-corrected chi connectivity index (χ3v) is 3.66. The van der Waals surface area contributed by atoms with Crippen LogP contribution in [0.2, 0.25) is 0 Å². The molecule has 0 aliphatic heterocycles. The van der Waals surface area contributed by atoms with Gasteiger partial charge in [-0.05, 0) is 23.6 Å². The summed E-state index contributed by atoms with van der Waals surface area (Å²) < 4.78 is 0. The van der Waals surface area contributed by atoms with Gasteiger partial charge in [-0.25, -0.2) is 4.99 Å². The van der Waals surface area contributed by atoms with Gasteiger partial charge in [-0.15, -0.1) is 0 Å². The molecule has 0 saturated heterocycles. The number of rotatable bonds is 5. The van der Waals surface area contributed by atoms with Crippen LogP contribution in [0.1, 0.15) is 34.6 Å². The number of isothiocyanates is 1. The van der Waals surface area contributed by atoms with Crippen LogP contribution < -0.4 is 5.73 Å². The van der Waals surface area contributed by atoms with Crippen molar-refractivity contribution in [3.8, 4) is 0 Å². The highest BCUT2D eigenvalue weighted by Gasteiger charge is 2.57. The Hall–Kier alpha value is -1.26. The maximum atomic E-state index is 12.6. The number of hydrogen-bond acceptors (Lipinski definition) is 4. The van der Waals surface area contributed by atoms with E-state index in [-0.39, 0.29) is 11.8 Å². The summed E-state index contributed by atoms with van der Waals surface area (Å²) in [7, 11) is 3.29. The van der Waals surface area contributed by atoms with E-state index in [1.54, 1.807) is 14.1 Å². The Labute approximate surface area is 126 Å². The third kappa shape index (κ3) is 3.25. The fourth-order valence-corrected chi connectivity index (χ4v) is 2.72. The van der Waals surface area contributed by atoms with Crippen LogP contribution in [0.5, 0.6) is 0 Å². The Morgan fingerprint density at radius 3 is 1.90 bits per heavy atom. The molecule has 6 heteroatoms. The molecule has 0 heterocycles. The topological polar surface area (TPSA) is 75.8 Å². The van der Waals surface area contributed by atoms with Crippen LogP contribution in [-0.2, 0) is 9.59 Å². The first kappa shape index (κ1) is 18.7. The van der Waals surface area contributed by atoms with E-state index in [2.05, 4.69) is 10.2 Å². The van der Waals surface area contributed by atoms with E-state index in [4.69, 9.17) is 18.0 Å². The van der Waals surface area contributed by atoms with Gasteiger partial charge in [0.2, 0.25) is 11.8 Å². The minimum atomic E-state index is -1.41. The molecule has 2 N–H and O–H groups in total. The predicted octanol–water partition coefficient (Wildman–Crippen LogP) is 1.72. The molecule has 0 aromatic rings. The molecule has 0 aliphatic carbocycles. The second kappa shape index (κ2) is 6.46. The molecule has 20 heavy (non-hydrogen) atoms. The number of amides is 2. The molecule has 2 amide bonds. The lowest BCUT2D eigenvalue weighted by molar-refractivity contribution is -0.146. The molecule has 0 bridgehead atoms. The Balaban J connectivity index is 6.39. The summed E-state index contributed by atoms with van der Waals surface area (Å²) in [5.41, 5.74) is 3.56. The first-order valence-electron chi connectivity index (χ1n) is 6.53. The van der Waals surface area contributed by atoms with Gasteiger partial charge in [0.05, 0.1) is 11.1 Å². The van der Waals surface area contributed by atoms with Crippen molar-refractivity contribution < 1.29 is 9.59 Å². The van der Waals surface area contributed by atoms with Crippen LogP contribution in [0.15, 0.2) is 4.99 Å². The number of nitrogens with two attached hydrogens (primary N) is 1. The maximum Gasteiger partial charge on any atom is 0.247 e. The summed E-state index contributed by atoms with van der Waals surface area (Å²) in [4.78, 5) is 30.3. The predicted molar refractivity (Wildman–Crippen MR) is 83.4 cm³/mol. The zero-order valence-corrected chi connectivity index (χ0v) is 14.2. The molecule has 1 unspecified atom stereocenters. The van der Waals surface area contributed by atoms with E-state index in [0.717, 1.165) is 0 Å². The van der Waals surface area contributed by atoms with Crippen LogP contribution in [0, 0.1) is 17.3 Å². The van der Waals surface area contributed by atoms with E-state index in [0.29, 0.717) is 0 Å². The van der Waals surface area contributed by atoms with Crippen molar-refractivity contribution in [3.63, 3.8) is 0 Å². The number of nitrogens with zero attached hydrogens (tertiary/aromatic N) is 2. The van der Waals surface area contributed by atoms with E-state index in [1.165, 1.54) is 4.90 Å². The van der Waals surface area contributed by atoms with Gasteiger partial charge in [-0.2, -0.15) is 0 Å². The van der Waals surface area contributed by atoms with Gasteiger partial charge >= 0.3 is 0 Å². The van der Waals surface area contributed by atoms with Gasteiger partial charge in [-0.1, -0.05) is 34.6 Å². The van der Waals surface area contributed by atoms with Gasteiger partial charge in [-0.3, -0.25) is 9.59 Å². The van der Waals surface area contributed by atoms with Gasteiger partial charge < -0.3 is 10.6 Å². The lowest BCUT2D eigenvalue weighted by Crippen LogP contribution is -2.62. The monoisotopic (exact) mass is 299 g/mol. The summed E-state index contributed by atoms with van der Waals surface area (Å²) in [6.45, 7) is 9.22. The minimum Gasteiger partial charge on any atom is -0.367 e. The van der Waals surface area contributed by atoms with E-state index in [1.807, 2.05) is 34.6 Å². The highest BCUT2D eigenvalue weighted by atomic mass is 32.1. The fourth-order valence-electron chi connectivity index (χ4n) is 2.58. The lowest BCUT2D eigenvalue weighted by Gasteiger charge is -2.45. The summed E-state index contributed by atoms with van der Waals surface area (Å²) in [5.74, 6) is -1.66. The zero-order valence-electron chi connectivity index (χ0n) is 13.4. The van der Waals surface area contributed by atoms with Gasteiger partial charge in [0, 0.05) is 14.1 Å². The highest BCUT2D eigenvalue weighted by molar-refractivity contribution is 7.78. The van der Waals surface area contributed by atoms with E-state index >= 15 is 0 Å². The highest BCUT2D eigenvalue weighted by Crippen LogP contribution is 2.43. The second-order valence-corrected chi connectivity index (χ2v) is 6.72. The van der Waals surface area contributed by atoms with Crippen molar-refractivity contribution in [2.75, 3.05) is 14.1 Å². The van der Waals surface area contributed by atoms with Crippen molar-refractivity contribution in [1.82, 2.24) is 4.90 Å². The van der Waals surface area contributed by atoms with Crippen LogP contribution in [0.25, 0.3) is 0 Å². The Kier molecular flexibility index (Phi) is 6.05. The van der Waals surface area contributed by atoms with Crippen LogP contribution in [0.3, 0.4) is 0 Å². The molecule has 0 fully saturated rings. The summed E-state index contributed by atoms with van der Waals surface area (Å²) in [6, 6.07) is 0. The molecule has 0 saturated carbocycles. The van der Waals surface area contributed by atoms with Crippen molar-refractivity contribution in [2.24, 2.45) is 28.0 Å². The smallest absolute Gasteiger partial charge is 0.247 e. The molecule has 0 aliphatic rings. The molecular weight excluding hydrogens is 274 g/mol. The summed E-state index contributed by atoms with van der Waals surface area (Å²) in [5, 5.41) is 2.26. The summed E-state index contributed by atoms with van der Waals surface area (Å²) in [6.07, 6.45) is 0. The number of carbonyl (C=O) groups excluding carboxylic acids is 2. The maximum absolute atomic E-state index is 12.6. The molecule has 0 radical (unpaired) electrons. The molecule has 0 rings (SSSR count). The molecular formula is C14H25N3O2S. The minimum absolute atomic E-state index is 0.122. The van der Waals surface area contributed by atoms with Gasteiger partial charge in [0.15, 0.2) is 5.54 Å². The van der Waals surface area contributed by atoms with Crippen molar-refractivity contribution in [2.45, 2.75) is 40.2 Å². The first-order valence-corrected chi connectivity index (χ1v) is 6.94. The standard InChI is InChI=1S/C14H25N3O2S/c1-9(2)10(11(18)17(6)7)14(12(15)19,16-8-20)13(3,4)5/h9-10H,1-7H3,(H2,15,19)/t10-,14?/m0/s1. The van der Waals surface area contributed by atoms with Crippen LogP contribution >= 0.6 is 12.2 Å². The average Bonchev–Trinajstić information content (AvgIpc) is 2.25. The van der Waals surface area contributed by atoms with Gasteiger partial charge in [0.1, 0.15) is 0 Å². The third-order valence-electron chi connectivity index (χ3n) is 3.56. The number of aliphatic imine (C=N–C) groups is 1. The second-order valence-electron chi connectivity index (χ2n) is 6.54. The van der Waals surface area contributed by atoms with Crippen LogP contribution in [0.4, 0.5) is 0 Å². The van der Waals surface area contributed by atoms with Gasteiger partial charge in [0.25, 0.3) is 0 Å². The van der Waals surface area contributed by atoms with E-state index < -0.39 is 22.8 Å². The zero-order chi connectivity index (χ0) is 16.3. The number of hydrogen-bond donors (Lipinski definition) is 1. The summed E-state index contributed by atoms with van der Waals surface area (Å²) >= 11 is 4.70. The molecule has 0 aromatic heterocycles. The van der Waals surface area contributed by atoms with Crippen LogP contribution in [-0.4, -0.2) is 41.5 Å². The van der Waals surface area contributed by atoms with E-state index in [9.17, 15) is 9.59 Å². The van der Waals surface area contributed by atoms with Crippen molar-refractivity contribution in [1.29, 1.82) is 0 Å². The lowest BCUT2D eigenvalue weighted by atomic mass is 9.62. The van der Waals surface area contributed by atoms with Crippen molar-refractivity contribution in [3.05, 3.63) is 0 Å². The number of carbonyl (C=O) groups is 2.